The molecule has 1 aliphatic carbocycles. The van der Waals surface area contributed by atoms with E-state index in [1.165, 1.54) is 10.4 Å². The molecule has 2 saturated heterocycles. The Labute approximate surface area is 181 Å². The molecule has 2 fully saturated rings. The number of aryl methyl sites for hydroxylation is 1. The predicted octanol–water partition coefficient (Wildman–Crippen LogP) is 2.28. The largest absolute Gasteiger partial charge is 0.343 e. The monoisotopic (exact) mass is 427 g/mol. The molecule has 8 heteroatoms. The molecule has 30 heavy (non-hydrogen) atoms. The van der Waals surface area contributed by atoms with E-state index in [0.29, 0.717) is 5.69 Å². The molecule has 0 saturated carbocycles. The topological polar surface area (TPSA) is 61.7 Å². The Balaban J connectivity index is 1.50. The lowest BCUT2D eigenvalue weighted by molar-refractivity contribution is -0.130. The number of thiophene rings is 1. The number of hydrogen-bond donors (Lipinski definition) is 0. The van der Waals surface area contributed by atoms with Crippen LogP contribution in [0, 0.1) is 0 Å². The highest BCUT2D eigenvalue weighted by Crippen LogP contribution is 2.41. The van der Waals surface area contributed by atoms with E-state index in [4.69, 9.17) is 5.10 Å². The van der Waals surface area contributed by atoms with Crippen molar-refractivity contribution < 1.29 is 9.59 Å². The molecule has 0 N–H and O–H groups in total. The molecular formula is C22H29N5O2S. The van der Waals surface area contributed by atoms with E-state index in [1.54, 1.807) is 18.3 Å². The number of likely N-dealkylation sites (N-methyl/N-ethyl adjacent to an activating group) is 1. The smallest absolute Gasteiger partial charge is 0.274 e. The molecule has 0 radical (unpaired) electrons. The third-order valence-electron chi connectivity index (χ3n) is 6.86. The Bertz CT molecular complexity index is 964. The molecule has 2 aliphatic heterocycles. The van der Waals surface area contributed by atoms with Crippen molar-refractivity contribution in [2.75, 3.05) is 46.3 Å². The van der Waals surface area contributed by atoms with Gasteiger partial charge in [0.2, 0.25) is 5.91 Å². The van der Waals surface area contributed by atoms with Crippen molar-refractivity contribution in [1.29, 1.82) is 0 Å². The molecule has 2 aromatic rings. The maximum atomic E-state index is 13.4. The van der Waals surface area contributed by atoms with E-state index in [1.807, 2.05) is 9.80 Å². The van der Waals surface area contributed by atoms with Crippen molar-refractivity contribution in [3.63, 3.8) is 0 Å². The summed E-state index contributed by atoms with van der Waals surface area (Å²) in [5, 5.41) is 7.12. The van der Waals surface area contributed by atoms with Crippen LogP contribution in [0.15, 0.2) is 11.4 Å². The van der Waals surface area contributed by atoms with Crippen molar-refractivity contribution in [2.24, 2.45) is 0 Å². The van der Waals surface area contributed by atoms with Gasteiger partial charge in [-0.05, 0) is 44.2 Å². The molecule has 2 aromatic heterocycles. The lowest BCUT2D eigenvalue weighted by atomic mass is 9.93. The number of nitrogens with zero attached hydrogens (tertiary/aromatic N) is 5. The van der Waals surface area contributed by atoms with Crippen LogP contribution >= 0.6 is 11.3 Å². The highest BCUT2D eigenvalue weighted by molar-refractivity contribution is 7.10. The van der Waals surface area contributed by atoms with Gasteiger partial charge in [0.05, 0.1) is 11.7 Å². The van der Waals surface area contributed by atoms with Gasteiger partial charge < -0.3 is 14.7 Å². The molecule has 7 nitrogen and oxygen atoms in total. The van der Waals surface area contributed by atoms with E-state index in [2.05, 4.69) is 28.1 Å². The molecule has 160 valence electrons. The zero-order valence-electron chi connectivity index (χ0n) is 17.8. The summed E-state index contributed by atoms with van der Waals surface area (Å²) >= 11 is 1.80. The fraction of sp³-hybridized carbons (Fsp3) is 0.591. The van der Waals surface area contributed by atoms with Crippen LogP contribution in [0.4, 0.5) is 0 Å². The summed E-state index contributed by atoms with van der Waals surface area (Å²) in [6.45, 7) is 6.50. The second-order valence-electron chi connectivity index (χ2n) is 8.71. The average molecular weight is 428 g/mol. The first-order chi connectivity index (χ1) is 14.5. The Morgan fingerprint density at radius 2 is 1.77 bits per heavy atom. The first kappa shape index (κ1) is 19.8. The first-order valence-corrected chi connectivity index (χ1v) is 11.8. The van der Waals surface area contributed by atoms with E-state index >= 15 is 0 Å². The molecule has 4 heterocycles. The van der Waals surface area contributed by atoms with Gasteiger partial charge in [-0.2, -0.15) is 5.10 Å². The quantitative estimate of drug-likeness (QED) is 0.738. The maximum absolute atomic E-state index is 13.4. The standard InChI is InChI=1S/C22H29N5O2S/c1-15(28)25-8-5-16(6-9-25)27-21-17-7-14-30-19(17)4-3-18(21)20(23-27)22(29)26-12-10-24(2)11-13-26/h7,14,16H,3-6,8-13H2,1-2H3. The van der Waals surface area contributed by atoms with Crippen LogP contribution in [0.5, 0.6) is 0 Å². The SMILES string of the molecule is CC(=O)N1CCC(n2nc(C(=O)N3CCN(C)CC3)c3c2-c2ccsc2CC3)CC1. The third-order valence-corrected chi connectivity index (χ3v) is 7.84. The highest BCUT2D eigenvalue weighted by atomic mass is 32.1. The van der Waals surface area contributed by atoms with Gasteiger partial charge in [-0.25, -0.2) is 0 Å². The zero-order chi connectivity index (χ0) is 20.8. The molecule has 0 spiro atoms. The van der Waals surface area contributed by atoms with Gasteiger partial charge in [0.15, 0.2) is 5.69 Å². The van der Waals surface area contributed by atoms with Crippen molar-refractivity contribution in [1.82, 2.24) is 24.5 Å². The maximum Gasteiger partial charge on any atom is 0.274 e. The minimum atomic E-state index is 0.0814. The van der Waals surface area contributed by atoms with Gasteiger partial charge >= 0.3 is 0 Å². The number of rotatable bonds is 2. The number of aromatic nitrogens is 2. The molecule has 2 amide bonds. The Morgan fingerprint density at radius 3 is 2.47 bits per heavy atom. The predicted molar refractivity (Wildman–Crippen MR) is 117 cm³/mol. The first-order valence-electron chi connectivity index (χ1n) is 10.9. The summed E-state index contributed by atoms with van der Waals surface area (Å²) < 4.78 is 2.14. The summed E-state index contributed by atoms with van der Waals surface area (Å²) in [5.41, 5.74) is 4.18. The molecule has 3 aliphatic rings. The van der Waals surface area contributed by atoms with Gasteiger partial charge in [-0.15, -0.1) is 11.3 Å². The van der Waals surface area contributed by atoms with Gasteiger partial charge in [-0.3, -0.25) is 14.3 Å². The Hall–Kier alpha value is -2.19. The number of piperazine rings is 1. The summed E-state index contributed by atoms with van der Waals surface area (Å²) in [6, 6.07) is 2.42. The molecule has 0 aromatic carbocycles. The van der Waals surface area contributed by atoms with Crippen LogP contribution in [0.1, 0.15) is 46.7 Å². The third kappa shape index (κ3) is 3.36. The highest BCUT2D eigenvalue weighted by Gasteiger charge is 2.34. The van der Waals surface area contributed by atoms with Gasteiger partial charge in [0.25, 0.3) is 5.91 Å². The minimum absolute atomic E-state index is 0.0814. The average Bonchev–Trinajstić information content (AvgIpc) is 3.38. The Kier molecular flexibility index (Phi) is 5.14. The van der Waals surface area contributed by atoms with Crippen molar-refractivity contribution in [3.05, 3.63) is 27.6 Å². The summed E-state index contributed by atoms with van der Waals surface area (Å²) in [6.07, 6.45) is 3.63. The second-order valence-corrected chi connectivity index (χ2v) is 9.71. The number of carbonyl (C=O) groups excluding carboxylic acids is 2. The number of hydrogen-bond acceptors (Lipinski definition) is 5. The Morgan fingerprint density at radius 1 is 1.03 bits per heavy atom. The van der Waals surface area contributed by atoms with Crippen LogP contribution in [-0.2, 0) is 17.6 Å². The van der Waals surface area contributed by atoms with Crippen LogP contribution in [0.3, 0.4) is 0 Å². The normalized spacial score (nSPS) is 20.2. The van der Waals surface area contributed by atoms with Crippen LogP contribution in [0.25, 0.3) is 11.3 Å². The van der Waals surface area contributed by atoms with Crippen LogP contribution in [-0.4, -0.2) is 82.6 Å². The van der Waals surface area contributed by atoms with Crippen molar-refractivity contribution >= 4 is 23.2 Å². The summed E-state index contributed by atoms with van der Waals surface area (Å²) in [5.74, 6) is 0.222. The zero-order valence-corrected chi connectivity index (χ0v) is 18.6. The minimum Gasteiger partial charge on any atom is -0.343 e. The second kappa shape index (κ2) is 7.81. The lowest BCUT2D eigenvalue weighted by Crippen LogP contribution is -2.47. The number of likely N-dealkylation sites (tertiary alicyclic amines) is 1. The molecular weight excluding hydrogens is 398 g/mol. The number of amides is 2. The molecule has 0 atom stereocenters. The van der Waals surface area contributed by atoms with E-state index < -0.39 is 0 Å². The molecule has 0 unspecified atom stereocenters. The van der Waals surface area contributed by atoms with E-state index in [9.17, 15) is 9.59 Å². The number of piperidine rings is 1. The number of fused-ring (bicyclic) bond motifs is 3. The number of carbonyl (C=O) groups is 2. The van der Waals surface area contributed by atoms with Gasteiger partial charge in [0, 0.05) is 62.2 Å². The fourth-order valence-electron chi connectivity index (χ4n) is 5.00. The van der Waals surface area contributed by atoms with Crippen molar-refractivity contribution in [3.8, 4) is 11.3 Å². The summed E-state index contributed by atoms with van der Waals surface area (Å²) in [7, 11) is 2.10. The fourth-order valence-corrected chi connectivity index (χ4v) is 5.88. The van der Waals surface area contributed by atoms with Gasteiger partial charge in [-0.1, -0.05) is 0 Å². The van der Waals surface area contributed by atoms with Crippen LogP contribution < -0.4 is 0 Å². The van der Waals surface area contributed by atoms with Gasteiger partial charge in [0.1, 0.15) is 0 Å². The summed E-state index contributed by atoms with van der Waals surface area (Å²) in [4.78, 5) is 32.7. The van der Waals surface area contributed by atoms with Crippen LogP contribution in [0.2, 0.25) is 0 Å². The molecule has 0 bridgehead atoms. The lowest BCUT2D eigenvalue weighted by Gasteiger charge is -2.32. The van der Waals surface area contributed by atoms with Crippen molar-refractivity contribution in [2.45, 2.75) is 38.6 Å². The molecule has 5 rings (SSSR count). The van der Waals surface area contributed by atoms with E-state index in [-0.39, 0.29) is 17.9 Å². The van der Waals surface area contributed by atoms with E-state index in [0.717, 1.165) is 76.2 Å².